The molecule has 17 heavy (non-hydrogen) atoms. The summed E-state index contributed by atoms with van der Waals surface area (Å²) in [4.78, 5) is 21.7. The van der Waals surface area contributed by atoms with Crippen LogP contribution < -0.4 is 15.9 Å². The Morgan fingerprint density at radius 3 is 2.82 bits per heavy atom. The maximum absolute atomic E-state index is 11.7. The highest BCUT2D eigenvalue weighted by molar-refractivity contribution is 7.27. The maximum Gasteiger partial charge on any atom is 0.251 e. The van der Waals surface area contributed by atoms with E-state index >= 15 is 0 Å². The largest absolute Gasteiger partial charge is 0.357 e. The van der Waals surface area contributed by atoms with Gasteiger partial charge in [0.25, 0.3) is 5.91 Å². The summed E-state index contributed by atoms with van der Waals surface area (Å²) < 4.78 is 0. The fourth-order valence-corrected chi connectivity index (χ4v) is 1.65. The lowest BCUT2D eigenvalue weighted by Crippen LogP contribution is -2.33. The Balaban J connectivity index is 2.63. The van der Waals surface area contributed by atoms with E-state index in [-0.39, 0.29) is 5.91 Å². The molecule has 1 unspecified atom stereocenters. The smallest absolute Gasteiger partial charge is 0.251 e. The van der Waals surface area contributed by atoms with Crippen molar-refractivity contribution in [1.29, 1.82) is 5.26 Å². The molecule has 0 aliphatic rings. The molecule has 1 aromatic carbocycles. The van der Waals surface area contributed by atoms with E-state index in [0.717, 1.165) is 0 Å². The third-order valence-electron chi connectivity index (χ3n) is 2.06. The lowest BCUT2D eigenvalue weighted by Gasteiger charge is -2.07. The highest BCUT2D eigenvalue weighted by Gasteiger charge is 2.08. The molecule has 0 saturated heterocycles. The van der Waals surface area contributed by atoms with Crippen LogP contribution >= 0.6 is 9.24 Å². The van der Waals surface area contributed by atoms with Crippen LogP contribution in [0.1, 0.15) is 15.9 Å². The number of nitrogens with one attached hydrogen (secondary N) is 2. The molecule has 0 bridgehead atoms. The molecule has 0 aliphatic carbocycles. The van der Waals surface area contributed by atoms with Crippen LogP contribution in [0.25, 0.3) is 0 Å². The number of hydrogen-bond donors (Lipinski definition) is 2. The normalized spacial score (nSPS) is 9.18. The Labute approximate surface area is 101 Å². The third kappa shape index (κ3) is 3.86. The molecule has 5 nitrogen and oxygen atoms in total. The Kier molecular flexibility index (Phi) is 5.12. The lowest BCUT2D eigenvalue weighted by molar-refractivity contribution is -0.109. The van der Waals surface area contributed by atoms with Gasteiger partial charge in [0, 0.05) is 18.7 Å². The molecule has 0 radical (unpaired) electrons. The summed E-state index contributed by atoms with van der Waals surface area (Å²) in [5, 5.41) is 14.5. The van der Waals surface area contributed by atoms with Crippen LogP contribution in [-0.4, -0.2) is 25.4 Å². The second kappa shape index (κ2) is 6.62. The predicted octanol–water partition coefficient (Wildman–Crippen LogP) is -0.466. The zero-order valence-electron chi connectivity index (χ0n) is 9.06. The number of benzene rings is 1. The fraction of sp³-hybridized carbons (Fsp3) is 0.182. The lowest BCUT2D eigenvalue weighted by atomic mass is 10.1. The van der Waals surface area contributed by atoms with Crippen molar-refractivity contribution >= 4 is 26.9 Å². The third-order valence-corrected chi connectivity index (χ3v) is 2.54. The fourth-order valence-electron chi connectivity index (χ4n) is 1.24. The Bertz CT molecular complexity index is 468. The van der Waals surface area contributed by atoms with E-state index in [1.54, 1.807) is 18.2 Å². The summed E-state index contributed by atoms with van der Waals surface area (Å²) in [6.45, 7) is 0.749. The van der Waals surface area contributed by atoms with Gasteiger partial charge in [0.05, 0.1) is 11.6 Å². The topological polar surface area (TPSA) is 82.0 Å². The van der Waals surface area contributed by atoms with Crippen molar-refractivity contribution in [3.8, 4) is 6.07 Å². The molecule has 0 spiro atoms. The van der Waals surface area contributed by atoms with Gasteiger partial charge in [0.1, 0.15) is 0 Å². The highest BCUT2D eigenvalue weighted by atomic mass is 31.0. The predicted molar refractivity (Wildman–Crippen MR) is 66.9 cm³/mol. The van der Waals surface area contributed by atoms with E-state index in [1.807, 2.05) is 6.07 Å². The van der Waals surface area contributed by atoms with Crippen LogP contribution in [0, 0.1) is 11.3 Å². The van der Waals surface area contributed by atoms with Crippen molar-refractivity contribution in [3.05, 3.63) is 29.3 Å². The number of nitrogens with zero attached hydrogens (tertiary/aromatic N) is 1. The summed E-state index contributed by atoms with van der Waals surface area (Å²) in [5.74, 6) is -0.229. The number of carbonyl (C=O) groups is 2. The van der Waals surface area contributed by atoms with Crippen molar-refractivity contribution < 1.29 is 9.59 Å². The van der Waals surface area contributed by atoms with Gasteiger partial charge in [-0.3, -0.25) is 9.59 Å². The number of rotatable bonds is 5. The van der Waals surface area contributed by atoms with Crippen molar-refractivity contribution in [2.45, 2.75) is 0 Å². The van der Waals surface area contributed by atoms with E-state index in [2.05, 4.69) is 19.9 Å². The van der Waals surface area contributed by atoms with E-state index in [1.165, 1.54) is 0 Å². The molecular formula is C11H12N3O2P. The van der Waals surface area contributed by atoms with Gasteiger partial charge in [-0.15, -0.1) is 9.24 Å². The molecule has 0 saturated carbocycles. The average molecular weight is 249 g/mol. The van der Waals surface area contributed by atoms with Crippen LogP contribution in [0.15, 0.2) is 18.2 Å². The molecule has 2 amide bonds. The molecule has 1 rings (SSSR count). The molecule has 1 aromatic rings. The van der Waals surface area contributed by atoms with Gasteiger partial charge >= 0.3 is 0 Å². The van der Waals surface area contributed by atoms with Crippen molar-refractivity contribution in [2.75, 3.05) is 13.1 Å². The number of amides is 2. The highest BCUT2D eigenvalue weighted by Crippen LogP contribution is 2.04. The first-order valence-corrected chi connectivity index (χ1v) is 5.51. The summed E-state index contributed by atoms with van der Waals surface area (Å²) in [7, 11) is 2.42. The molecule has 6 heteroatoms. The Morgan fingerprint density at radius 1 is 1.47 bits per heavy atom. The first kappa shape index (κ1) is 13.1. The zero-order valence-corrected chi connectivity index (χ0v) is 10.2. The molecule has 0 heterocycles. The number of carbonyl (C=O) groups excluding carboxylic acids is 2. The van der Waals surface area contributed by atoms with E-state index in [0.29, 0.717) is 35.9 Å². The van der Waals surface area contributed by atoms with Crippen LogP contribution in [-0.2, 0) is 4.79 Å². The van der Waals surface area contributed by atoms with E-state index in [4.69, 9.17) is 5.26 Å². The van der Waals surface area contributed by atoms with Gasteiger partial charge in [0.15, 0.2) is 0 Å². The standard InChI is InChI=1S/C11H12N3O2P/c12-6-8-1-2-9(10(17)5-8)11(16)14-4-3-13-7-15/h1-2,5,7H,3-4,17H2,(H,13,15)(H,14,16). The van der Waals surface area contributed by atoms with Crippen molar-refractivity contribution in [3.63, 3.8) is 0 Å². The van der Waals surface area contributed by atoms with Gasteiger partial charge < -0.3 is 10.6 Å². The zero-order chi connectivity index (χ0) is 12.7. The van der Waals surface area contributed by atoms with Crippen LogP contribution in [0.3, 0.4) is 0 Å². The molecule has 1 atom stereocenters. The van der Waals surface area contributed by atoms with Crippen molar-refractivity contribution in [2.24, 2.45) is 0 Å². The van der Waals surface area contributed by atoms with E-state index < -0.39 is 0 Å². The minimum atomic E-state index is -0.229. The van der Waals surface area contributed by atoms with Gasteiger partial charge in [-0.05, 0) is 23.5 Å². The van der Waals surface area contributed by atoms with Crippen LogP contribution in [0.5, 0.6) is 0 Å². The van der Waals surface area contributed by atoms with Gasteiger partial charge in [-0.2, -0.15) is 5.26 Å². The first-order chi connectivity index (χ1) is 8.19. The van der Waals surface area contributed by atoms with Gasteiger partial charge in [-0.1, -0.05) is 0 Å². The first-order valence-electron chi connectivity index (χ1n) is 4.94. The molecule has 0 aliphatic heterocycles. The molecule has 0 fully saturated rings. The SMILES string of the molecule is N#Cc1ccc(C(=O)NCCNC=O)c(P)c1. The molecular weight excluding hydrogens is 237 g/mol. The summed E-state index contributed by atoms with van der Waals surface area (Å²) in [6.07, 6.45) is 0.578. The van der Waals surface area contributed by atoms with E-state index in [9.17, 15) is 9.59 Å². The Morgan fingerprint density at radius 2 is 2.24 bits per heavy atom. The second-order valence-corrected chi connectivity index (χ2v) is 3.86. The molecule has 2 N–H and O–H groups in total. The minimum absolute atomic E-state index is 0.229. The van der Waals surface area contributed by atoms with Crippen molar-refractivity contribution in [1.82, 2.24) is 10.6 Å². The van der Waals surface area contributed by atoms with Gasteiger partial charge in [-0.25, -0.2) is 0 Å². The summed E-state index contributed by atoms with van der Waals surface area (Å²) >= 11 is 0. The average Bonchev–Trinajstić information content (AvgIpc) is 2.34. The number of hydrogen-bond acceptors (Lipinski definition) is 3. The summed E-state index contributed by atoms with van der Waals surface area (Å²) in [6, 6.07) is 6.82. The summed E-state index contributed by atoms with van der Waals surface area (Å²) in [5.41, 5.74) is 1.01. The van der Waals surface area contributed by atoms with Gasteiger partial charge in [0.2, 0.25) is 6.41 Å². The monoisotopic (exact) mass is 249 g/mol. The molecule has 0 aromatic heterocycles. The quantitative estimate of drug-likeness (QED) is 0.420. The second-order valence-electron chi connectivity index (χ2n) is 3.24. The maximum atomic E-state index is 11.7. The number of nitriles is 1. The molecule has 88 valence electrons. The van der Waals surface area contributed by atoms with Crippen LogP contribution in [0.4, 0.5) is 0 Å². The Hall–Kier alpha value is -1.92. The van der Waals surface area contributed by atoms with Crippen LogP contribution in [0.2, 0.25) is 0 Å². The minimum Gasteiger partial charge on any atom is -0.357 e.